The first-order chi connectivity index (χ1) is 13.2. The lowest BCUT2D eigenvalue weighted by molar-refractivity contribution is 0.0376. The van der Waals surface area contributed by atoms with Crippen molar-refractivity contribution in [2.24, 2.45) is 10.7 Å². The highest BCUT2D eigenvalue weighted by Crippen LogP contribution is 2.18. The van der Waals surface area contributed by atoms with E-state index >= 15 is 0 Å². The minimum Gasteiger partial charge on any atom is -0.379 e. The predicted octanol–water partition coefficient (Wildman–Crippen LogP) is 1.51. The molecular formula is C19H34IN5O3S. The van der Waals surface area contributed by atoms with Gasteiger partial charge < -0.3 is 15.8 Å². The molecule has 0 atom stereocenters. The number of aliphatic imine (C=N–C) groups is 1. The first kappa shape index (κ1) is 26.1. The molecule has 1 aromatic carbocycles. The zero-order chi connectivity index (χ0) is 20.6. The van der Waals surface area contributed by atoms with E-state index in [-0.39, 0.29) is 35.4 Å². The van der Waals surface area contributed by atoms with Crippen LogP contribution < -0.4 is 15.8 Å². The average molecular weight is 539 g/mol. The lowest BCUT2D eigenvalue weighted by atomic mass is 10.1. The summed E-state index contributed by atoms with van der Waals surface area (Å²) in [5, 5.41) is 3.09. The summed E-state index contributed by atoms with van der Waals surface area (Å²) in [6.45, 7) is 10.9. The van der Waals surface area contributed by atoms with Crippen LogP contribution in [0.25, 0.3) is 0 Å². The van der Waals surface area contributed by atoms with Crippen molar-refractivity contribution in [2.45, 2.75) is 44.2 Å². The molecule has 0 aromatic heterocycles. The third kappa shape index (κ3) is 9.60. The summed E-state index contributed by atoms with van der Waals surface area (Å²) in [6.07, 6.45) is 0.955. The number of hydrogen-bond donors (Lipinski definition) is 3. The van der Waals surface area contributed by atoms with Crippen molar-refractivity contribution in [2.75, 3.05) is 39.4 Å². The molecule has 8 nitrogen and oxygen atoms in total. The molecule has 1 aliphatic rings. The summed E-state index contributed by atoms with van der Waals surface area (Å²) in [5.74, 6) is 0.318. The largest absolute Gasteiger partial charge is 0.379 e. The van der Waals surface area contributed by atoms with Crippen molar-refractivity contribution in [3.8, 4) is 0 Å². The van der Waals surface area contributed by atoms with E-state index in [1.54, 1.807) is 24.3 Å². The Kier molecular flexibility index (Phi) is 10.8. The van der Waals surface area contributed by atoms with E-state index in [0.29, 0.717) is 11.5 Å². The van der Waals surface area contributed by atoms with Crippen LogP contribution in [0, 0.1) is 0 Å². The number of guanidine groups is 1. The van der Waals surface area contributed by atoms with E-state index in [0.717, 1.165) is 45.8 Å². The van der Waals surface area contributed by atoms with E-state index in [4.69, 9.17) is 10.5 Å². The van der Waals surface area contributed by atoms with E-state index in [1.807, 2.05) is 20.8 Å². The van der Waals surface area contributed by atoms with E-state index in [9.17, 15) is 8.42 Å². The smallest absolute Gasteiger partial charge is 0.241 e. The standard InChI is InChI=1S/C19H33N5O3S.HI/c1-19(2,3)23-28(25,26)17-8-5-4-7-16(17)15-22-18(20)21-9-6-10-24-11-13-27-14-12-24;/h4-5,7-8,23H,6,9-15H2,1-3H3,(H3,20,21,22);1H. The van der Waals surface area contributed by atoms with Gasteiger partial charge in [0, 0.05) is 25.2 Å². The van der Waals surface area contributed by atoms with Gasteiger partial charge in [-0.3, -0.25) is 4.90 Å². The van der Waals surface area contributed by atoms with Crippen LogP contribution in [0.15, 0.2) is 34.2 Å². The van der Waals surface area contributed by atoms with E-state index < -0.39 is 15.6 Å². The normalized spacial score (nSPS) is 16.3. The van der Waals surface area contributed by atoms with Crippen LogP contribution in [0.5, 0.6) is 0 Å². The van der Waals surface area contributed by atoms with Crippen LogP contribution in [-0.4, -0.2) is 64.2 Å². The van der Waals surface area contributed by atoms with Crippen LogP contribution in [0.4, 0.5) is 0 Å². The van der Waals surface area contributed by atoms with Gasteiger partial charge in [-0.2, -0.15) is 0 Å². The SMILES string of the molecule is CC(C)(C)NS(=O)(=O)c1ccccc1CN=C(N)NCCCN1CCOCC1.I. The van der Waals surface area contributed by atoms with Gasteiger partial charge in [0.15, 0.2) is 5.96 Å². The number of rotatable bonds is 8. The maximum atomic E-state index is 12.7. The maximum absolute atomic E-state index is 12.7. The highest BCUT2D eigenvalue weighted by molar-refractivity contribution is 14.0. The molecule has 1 aromatic rings. The summed E-state index contributed by atoms with van der Waals surface area (Å²) in [5.41, 5.74) is 5.99. The van der Waals surface area contributed by atoms with Crippen LogP contribution in [-0.2, 0) is 21.3 Å². The van der Waals surface area contributed by atoms with Gasteiger partial charge >= 0.3 is 0 Å². The Bertz CT molecular complexity index is 759. The summed E-state index contributed by atoms with van der Waals surface area (Å²) in [4.78, 5) is 6.90. The second-order valence-corrected chi connectivity index (χ2v) is 9.55. The predicted molar refractivity (Wildman–Crippen MR) is 127 cm³/mol. The number of sulfonamides is 1. The Morgan fingerprint density at radius 2 is 1.90 bits per heavy atom. The van der Waals surface area contributed by atoms with Gasteiger partial charge in [0.2, 0.25) is 10.0 Å². The second-order valence-electron chi connectivity index (χ2n) is 7.90. The third-order valence-electron chi connectivity index (χ3n) is 4.18. The number of nitrogens with zero attached hydrogens (tertiary/aromatic N) is 2. The van der Waals surface area contributed by atoms with Gasteiger partial charge in [0.05, 0.1) is 24.7 Å². The van der Waals surface area contributed by atoms with Crippen molar-refractivity contribution in [1.82, 2.24) is 14.9 Å². The lowest BCUT2D eigenvalue weighted by Crippen LogP contribution is -2.40. The summed E-state index contributed by atoms with van der Waals surface area (Å²) < 4.78 is 33.3. The van der Waals surface area contributed by atoms with Gasteiger partial charge in [0.25, 0.3) is 0 Å². The van der Waals surface area contributed by atoms with Gasteiger partial charge in [-0.15, -0.1) is 24.0 Å². The molecule has 1 aliphatic heterocycles. The fraction of sp³-hybridized carbons (Fsp3) is 0.632. The summed E-state index contributed by atoms with van der Waals surface area (Å²) in [7, 11) is -3.63. The number of nitrogens with two attached hydrogens (primary N) is 1. The zero-order valence-corrected chi connectivity index (χ0v) is 20.6. The highest BCUT2D eigenvalue weighted by Gasteiger charge is 2.24. The van der Waals surface area contributed by atoms with Crippen LogP contribution in [0.1, 0.15) is 32.8 Å². The molecule has 166 valence electrons. The van der Waals surface area contributed by atoms with Gasteiger partial charge in [-0.1, -0.05) is 18.2 Å². The van der Waals surface area contributed by atoms with E-state index in [1.165, 1.54) is 0 Å². The lowest BCUT2D eigenvalue weighted by Gasteiger charge is -2.26. The summed E-state index contributed by atoms with van der Waals surface area (Å²) in [6, 6.07) is 6.85. The molecule has 1 fully saturated rings. The quantitative estimate of drug-likeness (QED) is 0.200. The summed E-state index contributed by atoms with van der Waals surface area (Å²) >= 11 is 0. The van der Waals surface area contributed by atoms with Crippen LogP contribution >= 0.6 is 24.0 Å². The molecular weight excluding hydrogens is 505 g/mol. The molecule has 1 heterocycles. The Morgan fingerprint density at radius 3 is 2.55 bits per heavy atom. The fourth-order valence-electron chi connectivity index (χ4n) is 2.92. The van der Waals surface area contributed by atoms with Crippen molar-refractivity contribution in [3.63, 3.8) is 0 Å². The Hall–Kier alpha value is -0.950. The van der Waals surface area contributed by atoms with Crippen molar-refractivity contribution < 1.29 is 13.2 Å². The van der Waals surface area contributed by atoms with E-state index in [2.05, 4.69) is 19.9 Å². The van der Waals surface area contributed by atoms with Gasteiger partial charge in [0.1, 0.15) is 0 Å². The molecule has 4 N–H and O–H groups in total. The molecule has 0 amide bonds. The van der Waals surface area contributed by atoms with Gasteiger partial charge in [-0.25, -0.2) is 18.1 Å². The maximum Gasteiger partial charge on any atom is 0.241 e. The number of nitrogens with one attached hydrogen (secondary N) is 2. The van der Waals surface area contributed by atoms with Crippen molar-refractivity contribution >= 4 is 40.0 Å². The molecule has 2 rings (SSSR count). The number of ether oxygens (including phenoxy) is 1. The number of morpholine rings is 1. The first-order valence-corrected chi connectivity index (χ1v) is 11.1. The minimum absolute atomic E-state index is 0. The van der Waals surface area contributed by atoms with Gasteiger partial charge in [-0.05, 0) is 45.4 Å². The topological polar surface area (TPSA) is 109 Å². The molecule has 0 bridgehead atoms. The van der Waals surface area contributed by atoms with Crippen LogP contribution in [0.2, 0.25) is 0 Å². The zero-order valence-electron chi connectivity index (χ0n) is 17.5. The monoisotopic (exact) mass is 539 g/mol. The van der Waals surface area contributed by atoms with Crippen molar-refractivity contribution in [1.29, 1.82) is 0 Å². The molecule has 0 aliphatic carbocycles. The molecule has 10 heteroatoms. The minimum atomic E-state index is -3.63. The Balaban J connectivity index is 0.00000420. The van der Waals surface area contributed by atoms with Crippen molar-refractivity contribution in [3.05, 3.63) is 29.8 Å². The Morgan fingerprint density at radius 1 is 1.24 bits per heavy atom. The third-order valence-corrected chi connectivity index (χ3v) is 6.04. The molecule has 0 spiro atoms. The first-order valence-electron chi connectivity index (χ1n) is 9.63. The fourth-order valence-corrected chi connectivity index (χ4v) is 4.58. The average Bonchev–Trinajstić information content (AvgIpc) is 2.63. The Labute approximate surface area is 191 Å². The molecule has 29 heavy (non-hydrogen) atoms. The molecule has 0 unspecified atom stereocenters. The number of halogens is 1. The molecule has 1 saturated heterocycles. The second kappa shape index (κ2) is 12.0. The molecule has 0 radical (unpaired) electrons. The highest BCUT2D eigenvalue weighted by atomic mass is 127. The number of benzene rings is 1. The van der Waals surface area contributed by atoms with Crippen LogP contribution in [0.3, 0.4) is 0 Å². The molecule has 0 saturated carbocycles. The number of hydrogen-bond acceptors (Lipinski definition) is 5.